The third kappa shape index (κ3) is 3.96. The second-order valence-electron chi connectivity index (χ2n) is 9.16. The van der Waals surface area contributed by atoms with Crippen LogP contribution >= 0.6 is 0 Å². The van der Waals surface area contributed by atoms with Crippen LogP contribution in [0.3, 0.4) is 0 Å². The summed E-state index contributed by atoms with van der Waals surface area (Å²) >= 11 is 0. The van der Waals surface area contributed by atoms with Crippen molar-refractivity contribution in [3.05, 3.63) is 46.9 Å². The van der Waals surface area contributed by atoms with Gasteiger partial charge in [-0.3, -0.25) is 14.5 Å². The van der Waals surface area contributed by atoms with Gasteiger partial charge in [-0.15, -0.1) is 0 Å². The molecule has 0 N–H and O–H groups in total. The Labute approximate surface area is 188 Å². The zero-order valence-corrected chi connectivity index (χ0v) is 18.8. The molecule has 1 atom stereocenters. The van der Waals surface area contributed by atoms with Crippen LogP contribution in [0.2, 0.25) is 0 Å². The molecule has 3 aliphatic rings. The maximum atomic E-state index is 13.4. The summed E-state index contributed by atoms with van der Waals surface area (Å²) in [5.41, 5.74) is 2.62. The highest BCUT2D eigenvalue weighted by molar-refractivity contribution is 5.96. The van der Waals surface area contributed by atoms with Crippen molar-refractivity contribution in [3.8, 4) is 5.75 Å². The Morgan fingerprint density at radius 3 is 2.78 bits per heavy atom. The molecule has 2 amide bonds. The number of rotatable bonds is 5. The highest BCUT2D eigenvalue weighted by Crippen LogP contribution is 2.37. The molecule has 168 valence electrons. The molecule has 1 aromatic heterocycles. The van der Waals surface area contributed by atoms with Crippen molar-refractivity contribution in [2.75, 3.05) is 25.1 Å². The molecule has 7 nitrogen and oxygen atoms in total. The predicted molar refractivity (Wildman–Crippen MR) is 121 cm³/mol. The van der Waals surface area contributed by atoms with Gasteiger partial charge in [-0.25, -0.2) is 9.97 Å². The number of aryl methyl sites for hydroxylation is 1. The van der Waals surface area contributed by atoms with Crippen LogP contribution in [0, 0.1) is 12.8 Å². The topological polar surface area (TPSA) is 75.6 Å². The number of hydrogen-bond acceptors (Lipinski definition) is 5. The van der Waals surface area contributed by atoms with Crippen molar-refractivity contribution in [2.24, 2.45) is 5.92 Å². The van der Waals surface area contributed by atoms with E-state index in [0.29, 0.717) is 42.4 Å². The third-order valence-corrected chi connectivity index (χ3v) is 6.87. The number of carbonyl (C=O) groups is 2. The monoisotopic (exact) mass is 434 g/mol. The molecule has 2 aromatic rings. The van der Waals surface area contributed by atoms with Crippen molar-refractivity contribution in [1.82, 2.24) is 14.9 Å². The molecule has 0 bridgehead atoms. The van der Waals surface area contributed by atoms with Crippen molar-refractivity contribution in [3.63, 3.8) is 0 Å². The second-order valence-corrected chi connectivity index (χ2v) is 9.16. The number of carbonyl (C=O) groups excluding carboxylic acids is 2. The number of likely N-dealkylation sites (tertiary alicyclic amines) is 1. The van der Waals surface area contributed by atoms with Gasteiger partial charge in [0.25, 0.3) is 5.91 Å². The van der Waals surface area contributed by atoms with Gasteiger partial charge >= 0.3 is 0 Å². The standard InChI is InChI=1S/C25H30N4O3/c1-16-20-11-12-22(30)29(15-17-9-10-17)24(20)27-23(26-16)21-8-3-4-13-28(21)25(31)18-6-5-7-19(14-18)32-2/h5-7,14,17,21H,3-4,8-13,15H2,1-2H3/t21-/m0/s1. The molecular formula is C25H30N4O3. The minimum atomic E-state index is -0.189. The Hall–Kier alpha value is -2.96. The molecule has 0 unspecified atom stereocenters. The lowest BCUT2D eigenvalue weighted by atomic mass is 9.98. The molecule has 1 aromatic carbocycles. The normalized spacial score (nSPS) is 20.8. The number of amides is 2. The summed E-state index contributed by atoms with van der Waals surface area (Å²) in [7, 11) is 1.60. The average Bonchev–Trinajstić information content (AvgIpc) is 3.64. The Morgan fingerprint density at radius 2 is 2.00 bits per heavy atom. The highest BCUT2D eigenvalue weighted by atomic mass is 16.5. The highest BCUT2D eigenvalue weighted by Gasteiger charge is 2.36. The Kier molecular flexibility index (Phi) is 5.57. The van der Waals surface area contributed by atoms with Crippen LogP contribution in [-0.2, 0) is 11.2 Å². The van der Waals surface area contributed by atoms with Gasteiger partial charge in [0.1, 0.15) is 11.6 Å². The largest absolute Gasteiger partial charge is 0.497 e. The summed E-state index contributed by atoms with van der Waals surface area (Å²) in [6, 6.07) is 7.10. The maximum absolute atomic E-state index is 13.4. The quantitative estimate of drug-likeness (QED) is 0.715. The van der Waals surface area contributed by atoms with E-state index < -0.39 is 0 Å². The van der Waals surface area contributed by atoms with Gasteiger partial charge in [0.2, 0.25) is 5.91 Å². The van der Waals surface area contributed by atoms with Crippen LogP contribution in [0.25, 0.3) is 0 Å². The minimum absolute atomic E-state index is 0.0292. The van der Waals surface area contributed by atoms with E-state index in [2.05, 4.69) is 0 Å². The van der Waals surface area contributed by atoms with E-state index in [1.165, 1.54) is 12.8 Å². The van der Waals surface area contributed by atoms with E-state index >= 15 is 0 Å². The fourth-order valence-electron chi connectivity index (χ4n) is 4.86. The van der Waals surface area contributed by atoms with Crippen molar-refractivity contribution in [2.45, 2.75) is 57.9 Å². The molecule has 1 saturated carbocycles. The summed E-state index contributed by atoms with van der Waals surface area (Å²) in [6.07, 6.45) is 6.39. The van der Waals surface area contributed by atoms with E-state index in [1.54, 1.807) is 13.2 Å². The van der Waals surface area contributed by atoms with Gasteiger partial charge in [0, 0.05) is 36.3 Å². The SMILES string of the molecule is COc1cccc(C(=O)N2CCCC[C@H]2c2nc(C)c3c(n2)N(CC2CC2)C(=O)CC3)c1. The van der Waals surface area contributed by atoms with Crippen LogP contribution in [-0.4, -0.2) is 46.9 Å². The molecule has 2 aliphatic heterocycles. The minimum Gasteiger partial charge on any atom is -0.497 e. The molecule has 2 fully saturated rings. The van der Waals surface area contributed by atoms with Crippen molar-refractivity contribution >= 4 is 17.6 Å². The molecule has 0 radical (unpaired) electrons. The van der Waals surface area contributed by atoms with E-state index in [9.17, 15) is 9.59 Å². The number of benzene rings is 1. The van der Waals surface area contributed by atoms with Gasteiger partial charge in [-0.1, -0.05) is 6.07 Å². The Balaban J connectivity index is 1.49. The van der Waals surface area contributed by atoms with E-state index in [4.69, 9.17) is 14.7 Å². The van der Waals surface area contributed by atoms with Gasteiger partial charge in [-0.05, 0) is 69.6 Å². The Bertz CT molecular complexity index is 1050. The zero-order valence-electron chi connectivity index (χ0n) is 18.8. The predicted octanol–water partition coefficient (Wildman–Crippen LogP) is 3.85. The summed E-state index contributed by atoms with van der Waals surface area (Å²) in [6.45, 7) is 3.43. The number of aromatic nitrogens is 2. The molecule has 1 saturated heterocycles. The smallest absolute Gasteiger partial charge is 0.254 e. The fourth-order valence-corrected chi connectivity index (χ4v) is 4.86. The first-order valence-electron chi connectivity index (χ1n) is 11.7. The maximum Gasteiger partial charge on any atom is 0.254 e. The summed E-state index contributed by atoms with van der Waals surface area (Å²) in [4.78, 5) is 39.8. The van der Waals surface area contributed by atoms with Crippen LogP contribution in [0.1, 0.15) is 72.0 Å². The fraction of sp³-hybridized carbons (Fsp3) is 0.520. The molecule has 32 heavy (non-hydrogen) atoms. The first-order valence-corrected chi connectivity index (χ1v) is 11.7. The number of methoxy groups -OCH3 is 1. The van der Waals surface area contributed by atoms with E-state index in [-0.39, 0.29) is 17.9 Å². The average molecular weight is 435 g/mol. The number of ether oxygens (including phenoxy) is 1. The van der Waals surface area contributed by atoms with Gasteiger partial charge in [0.05, 0.1) is 13.2 Å². The molecule has 5 rings (SSSR count). The van der Waals surface area contributed by atoms with Crippen molar-refractivity contribution in [1.29, 1.82) is 0 Å². The van der Waals surface area contributed by atoms with E-state index in [0.717, 1.165) is 42.9 Å². The Morgan fingerprint density at radius 1 is 1.16 bits per heavy atom. The third-order valence-electron chi connectivity index (χ3n) is 6.87. The van der Waals surface area contributed by atoms with Crippen molar-refractivity contribution < 1.29 is 14.3 Å². The lowest BCUT2D eigenvalue weighted by Gasteiger charge is -2.36. The lowest BCUT2D eigenvalue weighted by molar-refractivity contribution is -0.119. The van der Waals surface area contributed by atoms with Gasteiger partial charge < -0.3 is 9.64 Å². The summed E-state index contributed by atoms with van der Waals surface area (Å²) < 4.78 is 5.31. The second kappa shape index (κ2) is 8.52. The molecule has 3 heterocycles. The number of nitrogens with zero attached hydrogens (tertiary/aromatic N) is 4. The van der Waals surface area contributed by atoms with Crippen LogP contribution in [0.4, 0.5) is 5.82 Å². The number of anilines is 1. The number of piperidine rings is 1. The van der Waals surface area contributed by atoms with E-state index in [1.807, 2.05) is 34.9 Å². The van der Waals surface area contributed by atoms with Gasteiger partial charge in [0.15, 0.2) is 5.82 Å². The molecule has 7 heteroatoms. The molecule has 0 spiro atoms. The van der Waals surface area contributed by atoms with Crippen LogP contribution in [0.15, 0.2) is 24.3 Å². The summed E-state index contributed by atoms with van der Waals surface area (Å²) in [5.74, 6) is 2.81. The number of hydrogen-bond donors (Lipinski definition) is 0. The first-order chi connectivity index (χ1) is 15.5. The zero-order chi connectivity index (χ0) is 22.2. The first kappa shape index (κ1) is 20.9. The van der Waals surface area contributed by atoms with Crippen LogP contribution in [0.5, 0.6) is 5.75 Å². The lowest BCUT2D eigenvalue weighted by Crippen LogP contribution is -2.41. The summed E-state index contributed by atoms with van der Waals surface area (Å²) in [5, 5.41) is 0. The van der Waals surface area contributed by atoms with Gasteiger partial charge in [-0.2, -0.15) is 0 Å². The number of fused-ring (bicyclic) bond motifs is 1. The molecule has 1 aliphatic carbocycles. The van der Waals surface area contributed by atoms with Crippen LogP contribution < -0.4 is 9.64 Å². The molecular weight excluding hydrogens is 404 g/mol.